The molecule has 0 saturated heterocycles. The molecule has 1 saturated carbocycles. The van der Waals surface area contributed by atoms with Gasteiger partial charge in [-0.2, -0.15) is 0 Å². The first kappa shape index (κ1) is 21.0. The van der Waals surface area contributed by atoms with Gasteiger partial charge in [0.2, 0.25) is 0 Å². The molecule has 156 valence electrons. The van der Waals surface area contributed by atoms with Crippen LogP contribution in [-0.4, -0.2) is 34.7 Å². The Kier molecular flexibility index (Phi) is 6.66. The summed E-state index contributed by atoms with van der Waals surface area (Å²) in [6.07, 6.45) is 5.03. The molecule has 1 aliphatic rings. The largest absolute Gasteiger partial charge is 0.380 e. The molecule has 0 amide bonds. The summed E-state index contributed by atoms with van der Waals surface area (Å²) in [6, 6.07) is 9.67. The lowest BCUT2D eigenvalue weighted by Crippen LogP contribution is -2.39. The van der Waals surface area contributed by atoms with Crippen LogP contribution in [0.1, 0.15) is 45.4 Å². The van der Waals surface area contributed by atoms with Crippen molar-refractivity contribution in [3.63, 3.8) is 0 Å². The van der Waals surface area contributed by atoms with Crippen LogP contribution in [0.25, 0.3) is 10.9 Å². The molecule has 1 heterocycles. The van der Waals surface area contributed by atoms with Crippen LogP contribution >= 0.6 is 0 Å². The number of carbonyl (C=O) groups is 2. The van der Waals surface area contributed by atoms with Crippen LogP contribution < -0.4 is 10.8 Å². The van der Waals surface area contributed by atoms with Crippen LogP contribution in [0.5, 0.6) is 0 Å². The highest BCUT2D eigenvalue weighted by atomic mass is 17.2. The van der Waals surface area contributed by atoms with Gasteiger partial charge in [0.15, 0.2) is 11.9 Å². The number of hydrogen-bond acceptors (Lipinski definition) is 8. The van der Waals surface area contributed by atoms with Crippen LogP contribution in [0.3, 0.4) is 0 Å². The third kappa shape index (κ3) is 5.02. The molecule has 0 aliphatic heterocycles. The first-order valence-electron chi connectivity index (χ1n) is 9.89. The van der Waals surface area contributed by atoms with Crippen LogP contribution in [-0.2, 0) is 19.4 Å². The van der Waals surface area contributed by atoms with Gasteiger partial charge in [-0.3, -0.25) is 5.21 Å². The van der Waals surface area contributed by atoms with Crippen LogP contribution in [0, 0.1) is 5.41 Å². The van der Waals surface area contributed by atoms with Gasteiger partial charge in [0, 0.05) is 5.39 Å². The number of benzene rings is 1. The zero-order valence-corrected chi connectivity index (χ0v) is 16.5. The van der Waals surface area contributed by atoms with Gasteiger partial charge in [0.05, 0.1) is 11.9 Å². The molecule has 1 fully saturated rings. The summed E-state index contributed by atoms with van der Waals surface area (Å²) in [5.41, 5.74) is 6.26. The number of pyridine rings is 1. The number of nitrogens with two attached hydrogens (primary N) is 1. The fourth-order valence-corrected chi connectivity index (χ4v) is 3.73. The highest BCUT2D eigenvalue weighted by Crippen LogP contribution is 2.38. The maximum Gasteiger partial charge on any atom is 0.380 e. The van der Waals surface area contributed by atoms with Crippen molar-refractivity contribution in [1.29, 1.82) is 0 Å². The van der Waals surface area contributed by atoms with Crippen molar-refractivity contribution in [2.24, 2.45) is 11.1 Å². The minimum atomic E-state index is -1.12. The molecule has 1 atom stereocenters. The van der Waals surface area contributed by atoms with E-state index in [2.05, 4.69) is 9.87 Å². The van der Waals surface area contributed by atoms with Crippen molar-refractivity contribution < 1.29 is 24.6 Å². The van der Waals surface area contributed by atoms with Crippen molar-refractivity contribution in [3.05, 3.63) is 36.4 Å². The Morgan fingerprint density at radius 1 is 1.17 bits per heavy atom. The lowest BCUT2D eigenvalue weighted by Gasteiger charge is -2.34. The van der Waals surface area contributed by atoms with E-state index in [4.69, 9.17) is 10.6 Å². The third-order valence-electron chi connectivity index (χ3n) is 5.61. The van der Waals surface area contributed by atoms with E-state index in [1.54, 1.807) is 18.2 Å². The molecule has 3 N–H and O–H groups in total. The summed E-state index contributed by atoms with van der Waals surface area (Å²) < 4.78 is 0. The van der Waals surface area contributed by atoms with E-state index in [0.29, 0.717) is 17.1 Å². The van der Waals surface area contributed by atoms with E-state index in [1.165, 1.54) is 6.92 Å². The van der Waals surface area contributed by atoms with Gasteiger partial charge in [-0.15, -0.1) is 0 Å². The molecule has 0 unspecified atom stereocenters. The van der Waals surface area contributed by atoms with Gasteiger partial charge < -0.3 is 5.73 Å². The maximum absolute atomic E-state index is 12.2. The number of hydrogen-bond donors (Lipinski definition) is 2. The lowest BCUT2D eigenvalue weighted by atomic mass is 9.72. The third-order valence-corrected chi connectivity index (χ3v) is 5.61. The normalized spacial score (nSPS) is 16.8. The molecule has 8 nitrogen and oxygen atoms in total. The molecule has 0 radical (unpaired) electrons. The van der Waals surface area contributed by atoms with E-state index in [0.717, 1.165) is 37.5 Å². The molecule has 1 aromatic heterocycles. The Bertz CT molecular complexity index is 866. The van der Waals surface area contributed by atoms with E-state index in [-0.39, 0.29) is 17.7 Å². The smallest absolute Gasteiger partial charge is 0.330 e. The van der Waals surface area contributed by atoms with Gasteiger partial charge in [0.1, 0.15) is 0 Å². The number of hydroxylamine groups is 1. The number of anilines is 1. The molecule has 1 aliphatic carbocycles. The van der Waals surface area contributed by atoms with Crippen molar-refractivity contribution in [3.8, 4) is 0 Å². The molecule has 1 aromatic carbocycles. The second-order valence-electron chi connectivity index (χ2n) is 7.68. The van der Waals surface area contributed by atoms with Gasteiger partial charge >= 0.3 is 11.9 Å². The van der Waals surface area contributed by atoms with Gasteiger partial charge in [-0.05, 0) is 49.9 Å². The van der Waals surface area contributed by atoms with E-state index in [1.807, 2.05) is 18.2 Å². The molecular weight excluding hydrogens is 374 g/mol. The minimum absolute atomic E-state index is 0.111. The van der Waals surface area contributed by atoms with Crippen molar-refractivity contribution in [2.75, 3.05) is 11.6 Å². The quantitative estimate of drug-likeness (QED) is 0.560. The number of aromatic nitrogens is 1. The highest BCUT2D eigenvalue weighted by Gasteiger charge is 2.35. The summed E-state index contributed by atoms with van der Waals surface area (Å²) in [5.74, 6) is -1.35. The minimum Gasteiger partial charge on any atom is -0.330 e. The Labute approximate surface area is 169 Å². The second kappa shape index (κ2) is 9.19. The summed E-state index contributed by atoms with van der Waals surface area (Å²) in [7, 11) is 0. The zero-order valence-electron chi connectivity index (χ0n) is 16.5. The molecule has 3 rings (SSSR count). The Hall–Kier alpha value is -2.71. The van der Waals surface area contributed by atoms with E-state index >= 15 is 0 Å². The average Bonchev–Trinajstić information content (AvgIpc) is 2.76. The molecule has 0 bridgehead atoms. The number of rotatable bonds is 6. The Morgan fingerprint density at radius 2 is 1.90 bits per heavy atom. The topological polar surface area (TPSA) is 115 Å². The molecule has 29 heavy (non-hydrogen) atoms. The summed E-state index contributed by atoms with van der Waals surface area (Å²) in [5, 5.41) is 11.9. The first-order valence-corrected chi connectivity index (χ1v) is 9.89. The van der Waals surface area contributed by atoms with Crippen LogP contribution in [0.4, 0.5) is 5.82 Å². The predicted octanol–water partition coefficient (Wildman–Crippen LogP) is 3.12. The second-order valence-corrected chi connectivity index (χ2v) is 7.68. The highest BCUT2D eigenvalue weighted by molar-refractivity contribution is 5.82. The summed E-state index contributed by atoms with van der Waals surface area (Å²) in [4.78, 5) is 38.1. The number of para-hydroxylation sites is 1. The fraction of sp³-hybridized carbons (Fsp3) is 0.476. The number of carbonyl (C=O) groups excluding carboxylic acids is 2. The molecule has 8 heteroatoms. The lowest BCUT2D eigenvalue weighted by molar-refractivity contribution is -0.262. The zero-order chi connectivity index (χ0) is 20.9. The molecular formula is C21H27N3O5. The van der Waals surface area contributed by atoms with E-state index in [9.17, 15) is 14.8 Å². The fourth-order valence-electron chi connectivity index (χ4n) is 3.73. The SMILES string of the molecule is C[C@@H](C(=O)OOC(=O)CC1(CN)CCCCC1)N(O)c1ccc2ccccc2n1. The van der Waals surface area contributed by atoms with Crippen LogP contribution in [0.2, 0.25) is 0 Å². The average molecular weight is 401 g/mol. The van der Waals surface area contributed by atoms with Crippen molar-refractivity contribution in [1.82, 2.24) is 4.98 Å². The Morgan fingerprint density at radius 3 is 2.62 bits per heavy atom. The maximum atomic E-state index is 12.2. The first-order chi connectivity index (χ1) is 13.9. The van der Waals surface area contributed by atoms with Gasteiger partial charge in [0.25, 0.3) is 0 Å². The Balaban J connectivity index is 1.55. The van der Waals surface area contributed by atoms with Gasteiger partial charge in [-0.1, -0.05) is 37.5 Å². The summed E-state index contributed by atoms with van der Waals surface area (Å²) in [6.45, 7) is 1.82. The van der Waals surface area contributed by atoms with Gasteiger partial charge in [-0.25, -0.2) is 29.4 Å². The summed E-state index contributed by atoms with van der Waals surface area (Å²) >= 11 is 0. The monoisotopic (exact) mass is 401 g/mol. The van der Waals surface area contributed by atoms with Crippen molar-refractivity contribution >= 4 is 28.7 Å². The molecule has 0 spiro atoms. The van der Waals surface area contributed by atoms with Crippen molar-refractivity contribution in [2.45, 2.75) is 51.5 Å². The van der Waals surface area contributed by atoms with E-state index < -0.39 is 18.0 Å². The van der Waals surface area contributed by atoms with Crippen LogP contribution in [0.15, 0.2) is 36.4 Å². The number of nitrogens with zero attached hydrogens (tertiary/aromatic N) is 2. The number of fused-ring (bicyclic) bond motifs is 1. The standard InChI is InChI=1S/C21H27N3O5/c1-15(24(27)18-10-9-16-7-3-4-8-17(16)23-18)20(26)29-28-19(25)13-21(14-22)11-5-2-6-12-21/h3-4,7-10,15,27H,2,5-6,11-14,22H2,1H3/t15-/m0/s1. The predicted molar refractivity (Wildman–Crippen MR) is 107 cm³/mol. The molecule has 2 aromatic rings.